The molecule has 0 radical (unpaired) electrons. The fourth-order valence-corrected chi connectivity index (χ4v) is 1.82. The van der Waals surface area contributed by atoms with Gasteiger partial charge in [0.2, 0.25) is 0 Å². The lowest BCUT2D eigenvalue weighted by Crippen LogP contribution is -2.36. The van der Waals surface area contributed by atoms with Crippen LogP contribution in [0, 0.1) is 6.92 Å². The number of nitrogens with one attached hydrogen (secondary N) is 2. The molecule has 2 rings (SSSR count). The Morgan fingerprint density at radius 2 is 1.81 bits per heavy atom. The summed E-state index contributed by atoms with van der Waals surface area (Å²) in [6.07, 6.45) is 2.28. The topological polar surface area (TPSA) is 71.1 Å². The van der Waals surface area contributed by atoms with Crippen molar-refractivity contribution in [1.29, 1.82) is 0 Å². The predicted octanol–water partition coefficient (Wildman–Crippen LogP) is 1.69. The third kappa shape index (κ3) is 4.42. The van der Waals surface area contributed by atoms with Crippen LogP contribution >= 0.6 is 0 Å². The summed E-state index contributed by atoms with van der Waals surface area (Å²) in [5, 5.41) is 5.17. The molecule has 1 heterocycles. The predicted molar refractivity (Wildman–Crippen MR) is 80.8 cm³/mol. The third-order valence-corrected chi connectivity index (χ3v) is 2.99. The first-order valence-corrected chi connectivity index (χ1v) is 6.71. The number of pyridine rings is 1. The van der Waals surface area contributed by atoms with Gasteiger partial charge in [0.1, 0.15) is 0 Å². The lowest BCUT2D eigenvalue weighted by atomic mass is 10.2. The number of aromatic nitrogens is 1. The summed E-state index contributed by atoms with van der Waals surface area (Å²) in [5.74, 6) is -1.31. The van der Waals surface area contributed by atoms with Crippen molar-refractivity contribution in [2.45, 2.75) is 13.3 Å². The van der Waals surface area contributed by atoms with Gasteiger partial charge >= 0.3 is 11.8 Å². The van der Waals surface area contributed by atoms with Crippen molar-refractivity contribution < 1.29 is 9.59 Å². The Hall–Kier alpha value is -2.69. The number of hydrogen-bond donors (Lipinski definition) is 2. The summed E-state index contributed by atoms with van der Waals surface area (Å²) in [5.41, 5.74) is 2.42. The number of nitrogens with zero attached hydrogens (tertiary/aromatic N) is 1. The number of carbonyl (C=O) groups is 2. The molecule has 0 unspecified atom stereocenters. The van der Waals surface area contributed by atoms with Crippen LogP contribution in [0.5, 0.6) is 0 Å². The molecule has 0 aliphatic rings. The number of carbonyl (C=O) groups excluding carboxylic acids is 2. The standard InChI is InChI=1S/C16H17N3O2/c1-12-6-2-3-8-14(12)19-16(21)15(20)18-11-9-13-7-4-5-10-17-13/h2-8,10H,9,11H2,1H3,(H,18,20)(H,19,21). The molecule has 0 aliphatic carbocycles. The van der Waals surface area contributed by atoms with Crippen molar-refractivity contribution >= 4 is 17.5 Å². The van der Waals surface area contributed by atoms with E-state index in [-0.39, 0.29) is 0 Å². The molecule has 0 fully saturated rings. The van der Waals surface area contributed by atoms with Gasteiger partial charge in [0.05, 0.1) is 0 Å². The number of benzene rings is 1. The smallest absolute Gasteiger partial charge is 0.313 e. The van der Waals surface area contributed by atoms with Crippen molar-refractivity contribution in [3.63, 3.8) is 0 Å². The molecule has 0 bridgehead atoms. The van der Waals surface area contributed by atoms with E-state index in [1.165, 1.54) is 0 Å². The molecule has 5 nitrogen and oxygen atoms in total. The highest BCUT2D eigenvalue weighted by atomic mass is 16.2. The average Bonchev–Trinajstić information content (AvgIpc) is 2.50. The number of aryl methyl sites for hydroxylation is 1. The second-order valence-corrected chi connectivity index (χ2v) is 4.60. The van der Waals surface area contributed by atoms with Gasteiger partial charge in [0, 0.05) is 30.5 Å². The van der Waals surface area contributed by atoms with Gasteiger partial charge in [0.25, 0.3) is 0 Å². The molecule has 2 amide bonds. The summed E-state index contributed by atoms with van der Waals surface area (Å²) < 4.78 is 0. The zero-order valence-corrected chi connectivity index (χ0v) is 11.8. The maximum absolute atomic E-state index is 11.8. The first-order valence-electron chi connectivity index (χ1n) is 6.71. The summed E-state index contributed by atoms with van der Waals surface area (Å²) in [4.78, 5) is 27.6. The molecule has 0 saturated carbocycles. The van der Waals surface area contributed by atoms with Crippen LogP contribution < -0.4 is 10.6 Å². The quantitative estimate of drug-likeness (QED) is 0.839. The van der Waals surface area contributed by atoms with E-state index in [4.69, 9.17) is 0 Å². The molecule has 2 N–H and O–H groups in total. The Morgan fingerprint density at radius 1 is 1.05 bits per heavy atom. The number of para-hydroxylation sites is 1. The van der Waals surface area contributed by atoms with Gasteiger partial charge in [-0.3, -0.25) is 14.6 Å². The van der Waals surface area contributed by atoms with E-state index in [1.54, 1.807) is 12.3 Å². The van der Waals surface area contributed by atoms with Gasteiger partial charge in [-0.05, 0) is 30.7 Å². The fraction of sp³-hybridized carbons (Fsp3) is 0.188. The van der Waals surface area contributed by atoms with Gasteiger partial charge in [-0.15, -0.1) is 0 Å². The SMILES string of the molecule is Cc1ccccc1NC(=O)C(=O)NCCc1ccccn1. The van der Waals surface area contributed by atoms with Crippen molar-refractivity contribution in [2.24, 2.45) is 0 Å². The number of hydrogen-bond acceptors (Lipinski definition) is 3. The monoisotopic (exact) mass is 283 g/mol. The second-order valence-electron chi connectivity index (χ2n) is 4.60. The lowest BCUT2D eigenvalue weighted by Gasteiger charge is -2.08. The Balaban J connectivity index is 1.81. The average molecular weight is 283 g/mol. The maximum atomic E-state index is 11.8. The molecule has 1 aromatic carbocycles. The van der Waals surface area contributed by atoms with Gasteiger partial charge < -0.3 is 10.6 Å². The highest BCUT2D eigenvalue weighted by molar-refractivity contribution is 6.39. The van der Waals surface area contributed by atoms with Gasteiger partial charge in [-0.2, -0.15) is 0 Å². The number of anilines is 1. The summed E-state index contributed by atoms with van der Waals surface area (Å²) in [7, 11) is 0. The normalized spacial score (nSPS) is 9.95. The highest BCUT2D eigenvalue weighted by Gasteiger charge is 2.13. The molecular formula is C16H17N3O2. The zero-order valence-electron chi connectivity index (χ0n) is 11.8. The molecule has 5 heteroatoms. The van der Waals surface area contributed by atoms with Crippen LogP contribution in [0.3, 0.4) is 0 Å². The van der Waals surface area contributed by atoms with Crippen LogP contribution in [0.25, 0.3) is 0 Å². The Labute approximate surface area is 123 Å². The van der Waals surface area contributed by atoms with Gasteiger partial charge in [-0.25, -0.2) is 0 Å². The minimum atomic E-state index is -0.662. The van der Waals surface area contributed by atoms with Crippen LogP contribution in [-0.2, 0) is 16.0 Å². The van der Waals surface area contributed by atoms with E-state index in [0.717, 1.165) is 11.3 Å². The van der Waals surface area contributed by atoms with E-state index in [0.29, 0.717) is 18.7 Å². The van der Waals surface area contributed by atoms with E-state index in [1.807, 2.05) is 43.3 Å². The second kappa shape index (κ2) is 7.19. The summed E-state index contributed by atoms with van der Waals surface area (Å²) in [6.45, 7) is 2.24. The maximum Gasteiger partial charge on any atom is 0.313 e. The zero-order chi connectivity index (χ0) is 15.1. The molecule has 21 heavy (non-hydrogen) atoms. The van der Waals surface area contributed by atoms with Gasteiger partial charge in [0.15, 0.2) is 0 Å². The van der Waals surface area contributed by atoms with Crippen LogP contribution in [0.1, 0.15) is 11.3 Å². The fourth-order valence-electron chi connectivity index (χ4n) is 1.82. The molecule has 0 aliphatic heterocycles. The summed E-state index contributed by atoms with van der Waals surface area (Å²) in [6, 6.07) is 12.9. The van der Waals surface area contributed by atoms with Crippen LogP contribution in [0.4, 0.5) is 5.69 Å². The van der Waals surface area contributed by atoms with Gasteiger partial charge in [-0.1, -0.05) is 24.3 Å². The Kier molecular flexibility index (Phi) is 5.04. The lowest BCUT2D eigenvalue weighted by molar-refractivity contribution is -0.136. The minimum Gasteiger partial charge on any atom is -0.347 e. The minimum absolute atomic E-state index is 0.372. The van der Waals surface area contributed by atoms with Crippen LogP contribution in [-0.4, -0.2) is 23.3 Å². The molecule has 0 atom stereocenters. The Morgan fingerprint density at radius 3 is 2.52 bits per heavy atom. The van der Waals surface area contributed by atoms with Crippen molar-refractivity contribution in [3.05, 3.63) is 59.9 Å². The molecule has 1 aromatic heterocycles. The molecule has 108 valence electrons. The molecule has 0 saturated heterocycles. The number of amides is 2. The highest BCUT2D eigenvalue weighted by Crippen LogP contribution is 2.12. The van der Waals surface area contributed by atoms with Crippen LogP contribution in [0.15, 0.2) is 48.7 Å². The largest absolute Gasteiger partial charge is 0.347 e. The molecule has 0 spiro atoms. The van der Waals surface area contributed by atoms with Crippen molar-refractivity contribution in [3.8, 4) is 0 Å². The Bertz CT molecular complexity index is 626. The van der Waals surface area contributed by atoms with Crippen molar-refractivity contribution in [1.82, 2.24) is 10.3 Å². The first-order chi connectivity index (χ1) is 10.2. The van der Waals surface area contributed by atoms with Crippen molar-refractivity contribution in [2.75, 3.05) is 11.9 Å². The van der Waals surface area contributed by atoms with E-state index < -0.39 is 11.8 Å². The molecule has 2 aromatic rings. The van der Waals surface area contributed by atoms with Crippen LogP contribution in [0.2, 0.25) is 0 Å². The number of rotatable bonds is 4. The summed E-state index contributed by atoms with van der Waals surface area (Å²) >= 11 is 0. The van der Waals surface area contributed by atoms with E-state index in [2.05, 4.69) is 15.6 Å². The molecular weight excluding hydrogens is 266 g/mol. The third-order valence-electron chi connectivity index (χ3n) is 2.99. The van der Waals surface area contributed by atoms with E-state index >= 15 is 0 Å². The first kappa shape index (κ1) is 14.7. The van der Waals surface area contributed by atoms with E-state index in [9.17, 15) is 9.59 Å².